The van der Waals surface area contributed by atoms with Crippen molar-refractivity contribution in [2.45, 2.75) is 29.7 Å². The van der Waals surface area contributed by atoms with E-state index in [0.717, 1.165) is 30.2 Å². The molecule has 3 aromatic rings. The monoisotopic (exact) mass is 469 g/mol. The summed E-state index contributed by atoms with van der Waals surface area (Å²) in [5.74, 6) is 0.367. The van der Waals surface area contributed by atoms with Gasteiger partial charge in [-0.05, 0) is 50.2 Å². The first-order valence-corrected chi connectivity index (χ1v) is 12.1. The van der Waals surface area contributed by atoms with Gasteiger partial charge in [-0.25, -0.2) is 12.7 Å². The highest BCUT2D eigenvalue weighted by molar-refractivity contribution is 7.89. The molecule has 0 amide bonds. The Balaban J connectivity index is 1.77. The third-order valence-electron chi connectivity index (χ3n) is 6.27. The predicted molar refractivity (Wildman–Crippen MR) is 126 cm³/mol. The largest absolute Gasteiger partial charge is 0.338 e. The standard InChI is InChI=1S/C22H27N7O3S/c1-27(2)33(31,32)17-6-4-16(5-7-17)25-20-19-18(8-13-24-21(19)30)29(26-20)22(9-12-23)10-14-28(3)15-11-22/h4-8,13H,9-11,14-15H2,1-3H3,(H,24,30)(H,25,26). The molecule has 1 aliphatic rings. The minimum Gasteiger partial charge on any atom is -0.338 e. The molecule has 2 aromatic heterocycles. The second kappa shape index (κ2) is 8.62. The van der Waals surface area contributed by atoms with Crippen molar-refractivity contribution < 1.29 is 8.42 Å². The minimum atomic E-state index is -3.54. The zero-order chi connectivity index (χ0) is 23.8. The summed E-state index contributed by atoms with van der Waals surface area (Å²) >= 11 is 0. The van der Waals surface area contributed by atoms with Gasteiger partial charge in [0.05, 0.1) is 28.4 Å². The molecule has 174 valence electrons. The van der Waals surface area contributed by atoms with Crippen LogP contribution in [0.15, 0.2) is 46.2 Å². The van der Waals surface area contributed by atoms with E-state index in [-0.39, 0.29) is 10.5 Å². The maximum atomic E-state index is 12.8. The topological polar surface area (TPSA) is 127 Å². The van der Waals surface area contributed by atoms with Gasteiger partial charge in [-0.2, -0.15) is 10.4 Å². The molecule has 0 radical (unpaired) electrons. The van der Waals surface area contributed by atoms with Crippen LogP contribution < -0.4 is 10.9 Å². The number of benzene rings is 1. The van der Waals surface area contributed by atoms with Crippen molar-refractivity contribution in [2.24, 2.45) is 0 Å². The van der Waals surface area contributed by atoms with E-state index in [0.29, 0.717) is 28.8 Å². The number of aromatic nitrogens is 3. The molecule has 0 aliphatic carbocycles. The highest BCUT2D eigenvalue weighted by atomic mass is 32.2. The van der Waals surface area contributed by atoms with Crippen LogP contribution in [0.4, 0.5) is 11.5 Å². The van der Waals surface area contributed by atoms with Crippen molar-refractivity contribution in [1.82, 2.24) is 24.0 Å². The summed E-state index contributed by atoms with van der Waals surface area (Å²) in [5, 5.41) is 17.9. The summed E-state index contributed by atoms with van der Waals surface area (Å²) < 4.78 is 27.7. The molecule has 1 fully saturated rings. The molecule has 1 aliphatic heterocycles. The van der Waals surface area contributed by atoms with Gasteiger partial charge >= 0.3 is 0 Å². The number of hydrogen-bond acceptors (Lipinski definition) is 7. The Bertz CT molecular complexity index is 1360. The lowest BCUT2D eigenvalue weighted by Gasteiger charge is -2.39. The second-order valence-corrected chi connectivity index (χ2v) is 10.8. The van der Waals surface area contributed by atoms with E-state index in [1.54, 1.807) is 24.4 Å². The van der Waals surface area contributed by atoms with Gasteiger partial charge in [-0.3, -0.25) is 9.48 Å². The molecule has 0 saturated carbocycles. The molecule has 11 heteroatoms. The highest BCUT2D eigenvalue weighted by Gasteiger charge is 2.38. The number of nitrogens with zero attached hydrogens (tertiary/aromatic N) is 5. The number of rotatable bonds is 6. The molecule has 0 bridgehead atoms. The summed E-state index contributed by atoms with van der Waals surface area (Å²) in [6.45, 7) is 1.66. The average Bonchev–Trinajstić information content (AvgIpc) is 3.16. The van der Waals surface area contributed by atoms with Gasteiger partial charge in [0.15, 0.2) is 5.82 Å². The molecule has 10 nitrogen and oxygen atoms in total. The molecule has 1 aromatic carbocycles. The minimum absolute atomic E-state index is 0.172. The molecule has 33 heavy (non-hydrogen) atoms. The van der Waals surface area contributed by atoms with Crippen LogP contribution in [-0.2, 0) is 15.6 Å². The smallest absolute Gasteiger partial charge is 0.261 e. The van der Waals surface area contributed by atoms with Gasteiger partial charge in [0.1, 0.15) is 5.39 Å². The first-order valence-electron chi connectivity index (χ1n) is 10.6. The maximum Gasteiger partial charge on any atom is 0.261 e. The third-order valence-corrected chi connectivity index (χ3v) is 8.10. The fourth-order valence-corrected chi connectivity index (χ4v) is 5.13. The second-order valence-electron chi connectivity index (χ2n) is 8.63. The van der Waals surface area contributed by atoms with Gasteiger partial charge in [-0.1, -0.05) is 0 Å². The fourth-order valence-electron chi connectivity index (χ4n) is 4.23. The number of nitriles is 1. The van der Waals surface area contributed by atoms with E-state index >= 15 is 0 Å². The number of piperidine rings is 1. The Hall–Kier alpha value is -3.20. The van der Waals surface area contributed by atoms with Crippen LogP contribution in [0, 0.1) is 11.3 Å². The van der Waals surface area contributed by atoms with Crippen molar-refractivity contribution >= 4 is 32.4 Å². The van der Waals surface area contributed by atoms with Crippen molar-refractivity contribution in [3.8, 4) is 6.07 Å². The zero-order valence-corrected chi connectivity index (χ0v) is 19.7. The van der Waals surface area contributed by atoms with E-state index in [1.807, 2.05) is 4.68 Å². The molecule has 0 spiro atoms. The number of likely N-dealkylation sites (tertiary alicyclic amines) is 1. The van der Waals surface area contributed by atoms with E-state index in [9.17, 15) is 18.5 Å². The summed E-state index contributed by atoms with van der Waals surface area (Å²) in [6.07, 6.45) is 3.37. The number of nitrogens with one attached hydrogen (secondary N) is 2. The van der Waals surface area contributed by atoms with Crippen molar-refractivity contribution in [3.05, 3.63) is 46.9 Å². The predicted octanol–water partition coefficient (Wildman–Crippen LogP) is 2.05. The van der Waals surface area contributed by atoms with Gasteiger partial charge < -0.3 is 15.2 Å². The number of pyridine rings is 1. The van der Waals surface area contributed by atoms with Gasteiger partial charge in [0.2, 0.25) is 10.0 Å². The highest BCUT2D eigenvalue weighted by Crippen LogP contribution is 2.37. The number of sulfonamides is 1. The maximum absolute atomic E-state index is 12.8. The van der Waals surface area contributed by atoms with Crippen LogP contribution in [0.5, 0.6) is 0 Å². The average molecular weight is 470 g/mol. The number of H-pyrrole nitrogens is 1. The van der Waals surface area contributed by atoms with E-state index in [2.05, 4.69) is 28.3 Å². The first-order chi connectivity index (χ1) is 15.7. The quantitative estimate of drug-likeness (QED) is 0.566. The van der Waals surface area contributed by atoms with Crippen molar-refractivity contribution in [3.63, 3.8) is 0 Å². The Morgan fingerprint density at radius 1 is 1.21 bits per heavy atom. The Morgan fingerprint density at radius 3 is 2.48 bits per heavy atom. The summed E-state index contributed by atoms with van der Waals surface area (Å²) in [5.41, 5.74) is 0.470. The third kappa shape index (κ3) is 4.13. The zero-order valence-electron chi connectivity index (χ0n) is 18.9. The van der Waals surface area contributed by atoms with Crippen molar-refractivity contribution in [1.29, 1.82) is 5.26 Å². The number of hydrogen-bond donors (Lipinski definition) is 2. The summed E-state index contributed by atoms with van der Waals surface area (Å²) in [4.78, 5) is 17.8. The van der Waals surface area contributed by atoms with Crippen LogP contribution in [-0.4, -0.2) is 66.6 Å². The summed E-state index contributed by atoms with van der Waals surface area (Å²) in [6, 6.07) is 10.4. The Labute approximate surface area is 192 Å². The van der Waals surface area contributed by atoms with Crippen molar-refractivity contribution in [2.75, 3.05) is 39.5 Å². The Morgan fingerprint density at radius 2 is 1.88 bits per heavy atom. The van der Waals surface area contributed by atoms with Gasteiger partial charge in [-0.15, -0.1) is 0 Å². The van der Waals surface area contributed by atoms with Crippen LogP contribution >= 0.6 is 0 Å². The first kappa shape index (κ1) is 23.0. The Kier molecular flexibility index (Phi) is 6.00. The summed E-state index contributed by atoms with van der Waals surface area (Å²) in [7, 11) is 1.47. The number of fused-ring (bicyclic) bond motifs is 1. The lowest BCUT2D eigenvalue weighted by Crippen LogP contribution is -2.45. The molecular formula is C22H27N7O3S. The fraction of sp³-hybridized carbons (Fsp3) is 0.409. The van der Waals surface area contributed by atoms with Crippen LogP contribution in [0.2, 0.25) is 0 Å². The lowest BCUT2D eigenvalue weighted by atomic mass is 9.85. The van der Waals surface area contributed by atoms with Crippen LogP contribution in [0.3, 0.4) is 0 Å². The van der Waals surface area contributed by atoms with Gasteiger partial charge in [0, 0.05) is 39.1 Å². The van der Waals surface area contributed by atoms with E-state index in [1.165, 1.54) is 26.2 Å². The van der Waals surface area contributed by atoms with E-state index < -0.39 is 15.6 Å². The number of anilines is 2. The molecule has 4 rings (SSSR count). The molecule has 2 N–H and O–H groups in total. The van der Waals surface area contributed by atoms with Gasteiger partial charge in [0.25, 0.3) is 5.56 Å². The van der Waals surface area contributed by atoms with Crippen LogP contribution in [0.1, 0.15) is 19.3 Å². The molecule has 1 saturated heterocycles. The van der Waals surface area contributed by atoms with E-state index in [4.69, 9.17) is 5.10 Å². The molecule has 3 heterocycles. The normalized spacial score (nSPS) is 16.7. The number of aromatic amines is 1. The SMILES string of the molecule is CN1CCC(CC#N)(n2nc(Nc3ccc(S(=O)(=O)N(C)C)cc3)c3c(=O)[nH]ccc32)CC1. The molecule has 0 atom stereocenters. The molecular weight excluding hydrogens is 442 g/mol. The van der Waals surface area contributed by atoms with Crippen LogP contribution in [0.25, 0.3) is 10.9 Å². The lowest BCUT2D eigenvalue weighted by molar-refractivity contribution is 0.124. The molecule has 0 unspecified atom stereocenters.